The summed E-state index contributed by atoms with van der Waals surface area (Å²) in [5.74, 6) is -3.90. The number of aryl methyl sites for hydroxylation is 1. The van der Waals surface area contributed by atoms with Gasteiger partial charge in [0.15, 0.2) is 11.0 Å². The first-order chi connectivity index (χ1) is 15.2. The SMILES string of the molecule is [2H]C([2H])(OP1(=O)OCc2ccccc2O1)[C@@]1(F)O[C@@]([2H])(n2cc(C)c(=O)[nH]c2=S)[C@H](O)[C@@H]1O. The van der Waals surface area contributed by atoms with Crippen LogP contribution in [0.25, 0.3) is 0 Å². The smallest absolute Gasteiger partial charge is 0.404 e. The van der Waals surface area contributed by atoms with Crippen LogP contribution in [0.5, 0.6) is 5.75 Å². The number of aromatic amines is 1. The van der Waals surface area contributed by atoms with E-state index in [0.29, 0.717) is 10.1 Å². The van der Waals surface area contributed by atoms with Crippen LogP contribution in [0.15, 0.2) is 35.3 Å². The van der Waals surface area contributed by atoms with E-state index in [1.54, 1.807) is 18.2 Å². The molecule has 1 aromatic carbocycles. The molecule has 1 aromatic heterocycles. The number of hydrogen-bond donors (Lipinski definition) is 3. The van der Waals surface area contributed by atoms with E-state index in [2.05, 4.69) is 4.98 Å². The molecule has 0 spiro atoms. The Bertz CT molecular complexity index is 1280. The highest BCUT2D eigenvalue weighted by Crippen LogP contribution is 2.55. The molecular weight excluding hydrogens is 442 g/mol. The number of alkyl halides is 1. The number of aromatic nitrogens is 2. The summed E-state index contributed by atoms with van der Waals surface area (Å²) in [5, 5.41) is 20.8. The van der Waals surface area contributed by atoms with Crippen molar-refractivity contribution in [2.45, 2.75) is 37.8 Å². The van der Waals surface area contributed by atoms with Gasteiger partial charge < -0.3 is 19.5 Å². The molecule has 3 heterocycles. The van der Waals surface area contributed by atoms with Crippen LogP contribution >= 0.6 is 20.0 Å². The predicted molar refractivity (Wildman–Crippen MR) is 102 cm³/mol. The lowest BCUT2D eigenvalue weighted by atomic mass is 10.1. The summed E-state index contributed by atoms with van der Waals surface area (Å²) in [4.78, 5) is 13.9. The maximum Gasteiger partial charge on any atom is 0.530 e. The molecule has 0 amide bonds. The minimum absolute atomic E-state index is 0.00300. The summed E-state index contributed by atoms with van der Waals surface area (Å²) in [6, 6.07) is 6.20. The van der Waals surface area contributed by atoms with E-state index in [1.807, 2.05) is 0 Å². The van der Waals surface area contributed by atoms with Gasteiger partial charge in [0.05, 0.1) is 10.7 Å². The number of phosphoric acid groups is 1. The highest BCUT2D eigenvalue weighted by atomic mass is 32.1. The fourth-order valence-electron chi connectivity index (χ4n) is 2.79. The highest BCUT2D eigenvalue weighted by molar-refractivity contribution is 7.71. The van der Waals surface area contributed by atoms with Gasteiger partial charge in [-0.1, -0.05) is 18.2 Å². The van der Waals surface area contributed by atoms with E-state index < -0.39 is 49.0 Å². The average molecular weight is 463 g/mol. The molecule has 0 radical (unpaired) electrons. The number of phosphoric ester groups is 1. The number of fused-ring (bicyclic) bond motifs is 1. The second kappa shape index (κ2) is 7.65. The number of para-hydroxylation sites is 1. The molecule has 0 saturated carbocycles. The van der Waals surface area contributed by atoms with Crippen LogP contribution < -0.4 is 10.1 Å². The van der Waals surface area contributed by atoms with Crippen molar-refractivity contribution in [3.8, 4) is 5.75 Å². The Balaban J connectivity index is 1.68. The first kappa shape index (κ1) is 17.7. The van der Waals surface area contributed by atoms with Crippen LogP contribution in [-0.2, 0) is 25.0 Å². The number of nitrogens with one attached hydrogen (secondary N) is 1. The van der Waals surface area contributed by atoms with E-state index in [9.17, 15) is 19.6 Å². The Kier molecular flexibility index (Phi) is 4.52. The first-order valence-corrected chi connectivity index (χ1v) is 10.4. The molecular formula is C17H18FN2O8PS. The summed E-state index contributed by atoms with van der Waals surface area (Å²) >= 11 is 4.94. The zero-order valence-electron chi connectivity index (χ0n) is 18.3. The summed E-state index contributed by atoms with van der Waals surface area (Å²) in [6.07, 6.45) is -7.11. The lowest BCUT2D eigenvalue weighted by Gasteiger charge is -2.28. The third-order valence-electron chi connectivity index (χ3n) is 4.40. The number of halogens is 1. The second-order valence-corrected chi connectivity index (χ2v) is 8.43. The molecule has 162 valence electrons. The van der Waals surface area contributed by atoms with Crippen molar-refractivity contribution in [3.63, 3.8) is 0 Å². The van der Waals surface area contributed by atoms with Crippen molar-refractivity contribution in [3.05, 3.63) is 56.7 Å². The monoisotopic (exact) mass is 463 g/mol. The second-order valence-electron chi connectivity index (χ2n) is 6.53. The van der Waals surface area contributed by atoms with Gasteiger partial charge in [-0.25, -0.2) is 8.96 Å². The van der Waals surface area contributed by atoms with Crippen molar-refractivity contribution >= 4 is 20.0 Å². The molecule has 0 aliphatic carbocycles. The molecule has 3 N–H and O–H groups in total. The van der Waals surface area contributed by atoms with Gasteiger partial charge in [0.2, 0.25) is 0 Å². The molecule has 5 atom stereocenters. The van der Waals surface area contributed by atoms with Crippen molar-refractivity contribution in [1.82, 2.24) is 9.55 Å². The van der Waals surface area contributed by atoms with E-state index in [0.717, 1.165) is 6.20 Å². The van der Waals surface area contributed by atoms with Crippen LogP contribution in [0.2, 0.25) is 0 Å². The molecule has 1 saturated heterocycles. The zero-order chi connectivity index (χ0) is 24.4. The van der Waals surface area contributed by atoms with Crippen LogP contribution in [-0.4, -0.2) is 44.4 Å². The number of hydrogen-bond acceptors (Lipinski definition) is 9. The van der Waals surface area contributed by atoms with Gasteiger partial charge >= 0.3 is 7.82 Å². The Morgan fingerprint density at radius 3 is 3.03 bits per heavy atom. The fourth-order valence-corrected chi connectivity index (χ4v) is 4.12. The van der Waals surface area contributed by atoms with Crippen molar-refractivity contribution in [2.75, 3.05) is 6.56 Å². The van der Waals surface area contributed by atoms with Crippen molar-refractivity contribution < 1.29 is 41.6 Å². The molecule has 0 bridgehead atoms. The number of aliphatic hydroxyl groups excluding tert-OH is 2. The van der Waals surface area contributed by atoms with E-state index >= 15 is 4.39 Å². The Labute approximate surface area is 178 Å². The normalized spacial score (nSPS) is 37.5. The summed E-state index contributed by atoms with van der Waals surface area (Å²) in [7, 11) is -4.77. The van der Waals surface area contributed by atoms with Crippen LogP contribution in [0, 0.1) is 11.7 Å². The standard InChI is InChI=1S/C17H18FN2O8PS/c1-9-6-20(16(30)19-14(9)23)15-12(21)13(22)17(18,27-15)8-26-29(24)25-7-10-4-2-3-5-11(10)28-29/h2-6,12-13,15,21-22H,7-8H2,1H3,(H,19,23,30)/t12-,13+,15-,17-,29?/m1/s1/i8D2,15D. The Morgan fingerprint density at radius 2 is 2.27 bits per heavy atom. The van der Waals surface area contributed by atoms with Crippen LogP contribution in [0.4, 0.5) is 4.39 Å². The Morgan fingerprint density at radius 1 is 1.53 bits per heavy atom. The maximum atomic E-state index is 15.8. The molecule has 2 aromatic rings. The van der Waals surface area contributed by atoms with Gasteiger partial charge in [0.1, 0.15) is 24.5 Å². The minimum Gasteiger partial charge on any atom is -0.404 e. The van der Waals surface area contributed by atoms with Crippen LogP contribution in [0.1, 0.15) is 21.4 Å². The van der Waals surface area contributed by atoms with Gasteiger partial charge in [0, 0.05) is 17.3 Å². The summed E-state index contributed by atoms with van der Waals surface area (Å²) < 4.78 is 73.0. The van der Waals surface area contributed by atoms with Crippen molar-refractivity contribution in [1.29, 1.82) is 0 Å². The third kappa shape index (κ3) is 3.76. The first-order valence-electron chi connectivity index (χ1n) is 10.0. The zero-order valence-corrected chi connectivity index (χ0v) is 17.0. The van der Waals surface area contributed by atoms with Gasteiger partial charge in [-0.15, -0.1) is 0 Å². The molecule has 4 rings (SSSR count). The van der Waals surface area contributed by atoms with Crippen LogP contribution in [0.3, 0.4) is 0 Å². The van der Waals surface area contributed by atoms with E-state index in [4.69, 9.17) is 34.6 Å². The highest BCUT2D eigenvalue weighted by Gasteiger charge is 2.57. The number of aliphatic hydroxyl groups is 2. The number of nitrogens with zero attached hydrogens (tertiary/aromatic N) is 1. The number of rotatable bonds is 4. The largest absolute Gasteiger partial charge is 0.530 e. The lowest BCUT2D eigenvalue weighted by molar-refractivity contribution is -0.205. The average Bonchev–Trinajstić information content (AvgIpc) is 2.91. The summed E-state index contributed by atoms with van der Waals surface area (Å²) in [5.41, 5.74) is -0.144. The number of benzene rings is 1. The van der Waals surface area contributed by atoms with Crippen molar-refractivity contribution in [2.24, 2.45) is 0 Å². The molecule has 30 heavy (non-hydrogen) atoms. The van der Waals surface area contributed by atoms with Gasteiger partial charge in [-0.05, 0) is 25.2 Å². The van der Waals surface area contributed by atoms with E-state index in [-0.39, 0.29) is 17.9 Å². The molecule has 2 aliphatic rings. The Hall–Kier alpha value is -1.92. The molecule has 2 aliphatic heterocycles. The number of ether oxygens (including phenoxy) is 1. The van der Waals surface area contributed by atoms with Gasteiger partial charge in [-0.2, -0.15) is 0 Å². The van der Waals surface area contributed by atoms with Gasteiger partial charge in [0.25, 0.3) is 11.4 Å². The molecule has 1 fully saturated rings. The molecule has 13 heteroatoms. The van der Waals surface area contributed by atoms with E-state index in [1.165, 1.54) is 13.0 Å². The minimum atomic E-state index is -4.77. The number of H-pyrrole nitrogens is 1. The quantitative estimate of drug-likeness (QED) is 0.459. The molecule has 10 nitrogen and oxygen atoms in total. The van der Waals surface area contributed by atoms with Gasteiger partial charge in [-0.3, -0.25) is 23.4 Å². The third-order valence-corrected chi connectivity index (χ3v) is 5.88. The summed E-state index contributed by atoms with van der Waals surface area (Å²) in [6.45, 7) is -2.74. The molecule has 1 unspecified atom stereocenters. The predicted octanol–water partition coefficient (Wildman–Crippen LogP) is 1.86. The maximum absolute atomic E-state index is 15.8. The fraction of sp³-hybridized carbons (Fsp3) is 0.412. The topological polar surface area (TPSA) is 132 Å². The lowest BCUT2D eigenvalue weighted by Crippen LogP contribution is -2.43.